The molecule has 1 unspecified atom stereocenters. The predicted octanol–water partition coefficient (Wildman–Crippen LogP) is 2.90. The summed E-state index contributed by atoms with van der Waals surface area (Å²) in [6, 6.07) is 0. The van der Waals surface area contributed by atoms with E-state index in [1.54, 1.807) is 0 Å². The van der Waals surface area contributed by atoms with E-state index in [4.69, 9.17) is 9.47 Å². The first-order chi connectivity index (χ1) is 11.3. The molecule has 3 aliphatic rings. The summed E-state index contributed by atoms with van der Waals surface area (Å²) in [5, 5.41) is 21.2. The zero-order chi connectivity index (χ0) is 17.6. The van der Waals surface area contributed by atoms with Crippen molar-refractivity contribution in [1.29, 1.82) is 0 Å². The minimum absolute atomic E-state index is 0.0312. The Morgan fingerprint density at radius 3 is 2.33 bits per heavy atom. The molecule has 1 saturated heterocycles. The summed E-state index contributed by atoms with van der Waals surface area (Å²) in [5.74, 6) is 0.0144. The van der Waals surface area contributed by atoms with Gasteiger partial charge in [-0.15, -0.1) is 13.2 Å². The highest BCUT2D eigenvalue weighted by atomic mass is 16.7. The first kappa shape index (κ1) is 18.1. The molecular formula is C20H32O4. The van der Waals surface area contributed by atoms with Crippen molar-refractivity contribution in [2.45, 2.75) is 51.4 Å². The fourth-order valence-electron chi connectivity index (χ4n) is 5.32. The third-order valence-electron chi connectivity index (χ3n) is 6.59. The fraction of sp³-hybridized carbons (Fsp3) is 0.800. The Labute approximate surface area is 145 Å². The van der Waals surface area contributed by atoms with E-state index in [9.17, 15) is 10.2 Å². The van der Waals surface area contributed by atoms with Crippen LogP contribution in [0.1, 0.15) is 39.5 Å². The molecule has 136 valence electrons. The Hall–Kier alpha value is -0.680. The summed E-state index contributed by atoms with van der Waals surface area (Å²) >= 11 is 0. The van der Waals surface area contributed by atoms with Crippen LogP contribution in [0.2, 0.25) is 0 Å². The standard InChI is InChI=1S/C20H32O4/c1-5-7-14-15-9-20(23-12-18(3,4)13-24-20)10-16(15)19(11-21,8-6-2)17(14)22/h5-6,14-17,21-22H,1-2,7-13H2,3-4H3/t14-,15-,16-,17?,19-/m1/s1. The van der Waals surface area contributed by atoms with Gasteiger partial charge >= 0.3 is 0 Å². The van der Waals surface area contributed by atoms with Crippen LogP contribution < -0.4 is 0 Å². The topological polar surface area (TPSA) is 58.9 Å². The lowest BCUT2D eigenvalue weighted by atomic mass is 9.72. The Kier molecular flexibility index (Phi) is 4.71. The van der Waals surface area contributed by atoms with Gasteiger partial charge in [-0.2, -0.15) is 0 Å². The number of hydrogen-bond donors (Lipinski definition) is 2. The highest BCUT2D eigenvalue weighted by Crippen LogP contribution is 2.63. The van der Waals surface area contributed by atoms with Gasteiger partial charge in [0.15, 0.2) is 5.79 Å². The molecule has 0 aromatic rings. The van der Waals surface area contributed by atoms with Crippen molar-refractivity contribution in [2.24, 2.45) is 28.6 Å². The number of allylic oxidation sites excluding steroid dienone is 2. The number of rotatable bonds is 5. The molecule has 2 aliphatic carbocycles. The smallest absolute Gasteiger partial charge is 0.168 e. The van der Waals surface area contributed by atoms with E-state index in [0.29, 0.717) is 19.6 Å². The van der Waals surface area contributed by atoms with Gasteiger partial charge in [0.2, 0.25) is 0 Å². The molecule has 4 nitrogen and oxygen atoms in total. The van der Waals surface area contributed by atoms with Crippen LogP contribution in [0.3, 0.4) is 0 Å². The number of fused-ring (bicyclic) bond motifs is 1. The van der Waals surface area contributed by atoms with E-state index in [1.165, 1.54) is 0 Å². The van der Waals surface area contributed by atoms with E-state index in [1.807, 2.05) is 12.2 Å². The SMILES string of the molecule is C=CC[C@H]1C(O)[C@@](CO)(CC=C)[C@@H]2CC3(C[C@@H]21)OCC(C)(C)CO3. The summed E-state index contributed by atoms with van der Waals surface area (Å²) in [6.07, 6.45) is 6.07. The van der Waals surface area contributed by atoms with Crippen LogP contribution in [0, 0.1) is 28.6 Å². The van der Waals surface area contributed by atoms with Gasteiger partial charge < -0.3 is 19.7 Å². The summed E-state index contributed by atoms with van der Waals surface area (Å²) in [5.41, 5.74) is -0.499. The Bertz CT molecular complexity index is 490. The number of hydrogen-bond acceptors (Lipinski definition) is 4. The molecule has 0 aromatic heterocycles. The molecule has 3 rings (SSSR count). The third kappa shape index (κ3) is 2.68. The molecule has 0 bridgehead atoms. The molecule has 1 aliphatic heterocycles. The average molecular weight is 336 g/mol. The maximum Gasteiger partial charge on any atom is 0.168 e. The average Bonchev–Trinajstić information content (AvgIpc) is 3.01. The van der Waals surface area contributed by atoms with E-state index in [-0.39, 0.29) is 29.8 Å². The fourth-order valence-corrected chi connectivity index (χ4v) is 5.32. The van der Waals surface area contributed by atoms with E-state index in [0.717, 1.165) is 19.3 Å². The van der Waals surface area contributed by atoms with Crippen molar-refractivity contribution in [3.05, 3.63) is 25.3 Å². The van der Waals surface area contributed by atoms with Crippen LogP contribution in [0.5, 0.6) is 0 Å². The Morgan fingerprint density at radius 2 is 1.79 bits per heavy atom. The maximum atomic E-state index is 11.0. The Balaban J connectivity index is 1.89. The summed E-state index contributed by atoms with van der Waals surface area (Å²) in [7, 11) is 0. The zero-order valence-electron chi connectivity index (χ0n) is 15.0. The van der Waals surface area contributed by atoms with Crippen LogP contribution in [0.15, 0.2) is 25.3 Å². The van der Waals surface area contributed by atoms with Gasteiger partial charge in [0.05, 0.1) is 25.9 Å². The van der Waals surface area contributed by atoms with Gasteiger partial charge in [-0.25, -0.2) is 0 Å². The molecule has 3 fully saturated rings. The van der Waals surface area contributed by atoms with Gasteiger partial charge in [0.1, 0.15) is 0 Å². The van der Waals surface area contributed by atoms with Crippen molar-refractivity contribution in [3.8, 4) is 0 Å². The second-order valence-electron chi connectivity index (χ2n) is 8.85. The second-order valence-corrected chi connectivity index (χ2v) is 8.85. The molecule has 24 heavy (non-hydrogen) atoms. The van der Waals surface area contributed by atoms with Gasteiger partial charge in [0.25, 0.3) is 0 Å². The van der Waals surface area contributed by atoms with Crippen molar-refractivity contribution in [3.63, 3.8) is 0 Å². The van der Waals surface area contributed by atoms with Crippen molar-refractivity contribution < 1.29 is 19.7 Å². The molecule has 2 N–H and O–H groups in total. The molecule has 1 spiro atoms. The van der Waals surface area contributed by atoms with Crippen LogP contribution in [0.25, 0.3) is 0 Å². The van der Waals surface area contributed by atoms with Crippen LogP contribution in [-0.4, -0.2) is 41.9 Å². The zero-order valence-corrected chi connectivity index (χ0v) is 15.0. The number of aliphatic hydroxyl groups excluding tert-OH is 2. The minimum atomic E-state index is -0.550. The monoisotopic (exact) mass is 336 g/mol. The molecule has 0 aromatic carbocycles. The first-order valence-electron chi connectivity index (χ1n) is 9.12. The number of ether oxygens (including phenoxy) is 2. The molecule has 0 amide bonds. The predicted molar refractivity (Wildman–Crippen MR) is 93.3 cm³/mol. The lowest BCUT2D eigenvalue weighted by molar-refractivity contribution is -0.300. The van der Waals surface area contributed by atoms with E-state index >= 15 is 0 Å². The second kappa shape index (κ2) is 6.24. The Morgan fingerprint density at radius 1 is 1.12 bits per heavy atom. The van der Waals surface area contributed by atoms with Gasteiger partial charge in [0, 0.05) is 23.7 Å². The van der Waals surface area contributed by atoms with Gasteiger partial charge in [-0.3, -0.25) is 0 Å². The lowest BCUT2D eigenvalue weighted by Gasteiger charge is -2.44. The highest BCUT2D eigenvalue weighted by Gasteiger charge is 2.65. The molecular weight excluding hydrogens is 304 g/mol. The lowest BCUT2D eigenvalue weighted by Crippen LogP contribution is -2.48. The molecule has 2 saturated carbocycles. The summed E-state index contributed by atoms with van der Waals surface area (Å²) < 4.78 is 12.4. The van der Waals surface area contributed by atoms with Crippen molar-refractivity contribution in [1.82, 2.24) is 0 Å². The summed E-state index contributed by atoms with van der Waals surface area (Å²) in [6.45, 7) is 13.4. The molecule has 4 heteroatoms. The van der Waals surface area contributed by atoms with Crippen molar-refractivity contribution in [2.75, 3.05) is 19.8 Å². The molecule has 5 atom stereocenters. The highest BCUT2D eigenvalue weighted by molar-refractivity contribution is 5.14. The van der Waals surface area contributed by atoms with E-state index < -0.39 is 17.3 Å². The minimum Gasteiger partial charge on any atom is -0.396 e. The van der Waals surface area contributed by atoms with Crippen molar-refractivity contribution >= 4 is 0 Å². The normalized spacial score (nSPS) is 42.8. The van der Waals surface area contributed by atoms with Gasteiger partial charge in [-0.05, 0) is 30.6 Å². The number of aliphatic hydroxyl groups is 2. The van der Waals surface area contributed by atoms with E-state index in [2.05, 4.69) is 27.0 Å². The van der Waals surface area contributed by atoms with Crippen LogP contribution in [-0.2, 0) is 9.47 Å². The quantitative estimate of drug-likeness (QED) is 0.758. The van der Waals surface area contributed by atoms with Gasteiger partial charge in [-0.1, -0.05) is 26.0 Å². The first-order valence-corrected chi connectivity index (χ1v) is 9.12. The molecule has 1 heterocycles. The third-order valence-corrected chi connectivity index (χ3v) is 6.59. The summed E-state index contributed by atoms with van der Waals surface area (Å²) in [4.78, 5) is 0. The maximum absolute atomic E-state index is 11.0. The largest absolute Gasteiger partial charge is 0.396 e. The molecule has 0 radical (unpaired) electrons. The van der Waals surface area contributed by atoms with Crippen LogP contribution >= 0.6 is 0 Å². The van der Waals surface area contributed by atoms with Crippen LogP contribution in [0.4, 0.5) is 0 Å².